The van der Waals surface area contributed by atoms with Gasteiger partial charge < -0.3 is 0 Å². The summed E-state index contributed by atoms with van der Waals surface area (Å²) in [4.78, 5) is 0. The molecule has 0 spiro atoms. The van der Waals surface area contributed by atoms with Crippen LogP contribution in [0.25, 0.3) is 0 Å². The lowest BCUT2D eigenvalue weighted by molar-refractivity contribution is 0.551. The van der Waals surface area contributed by atoms with E-state index in [2.05, 4.69) is 15.9 Å². The summed E-state index contributed by atoms with van der Waals surface area (Å²) in [6, 6.07) is 4.22. The smallest absolute Gasteiger partial charge is 0.206 e. The van der Waals surface area contributed by atoms with Gasteiger partial charge in [0.05, 0.1) is 10.2 Å². The summed E-state index contributed by atoms with van der Waals surface area (Å²) in [5.41, 5.74) is 0.436. The Morgan fingerprint density at radius 1 is 1.36 bits per heavy atom. The molecular formula is C8H7BrF2O2S. The third-order valence-corrected chi connectivity index (χ3v) is 3.23. The minimum Gasteiger partial charge on any atom is -0.206 e. The summed E-state index contributed by atoms with van der Waals surface area (Å²) in [6.45, 7) is 0. The standard InChI is InChI=1S/C8H7BrF2O2S/c9-8-6(2-1-3-7(8)10)4-5-14(11,12)13/h1-3H,4-5H2. The fraction of sp³-hybridized carbons (Fsp3) is 0.250. The summed E-state index contributed by atoms with van der Waals surface area (Å²) in [7, 11) is -4.50. The van der Waals surface area contributed by atoms with Crippen molar-refractivity contribution in [1.29, 1.82) is 0 Å². The molecular weight excluding hydrogens is 278 g/mol. The van der Waals surface area contributed by atoms with Gasteiger partial charge in [-0.2, -0.15) is 8.42 Å². The van der Waals surface area contributed by atoms with Gasteiger partial charge in [0.2, 0.25) is 0 Å². The van der Waals surface area contributed by atoms with Gasteiger partial charge in [-0.1, -0.05) is 12.1 Å². The second-order valence-electron chi connectivity index (χ2n) is 2.71. The minimum absolute atomic E-state index is 0.0445. The maximum atomic E-state index is 12.9. The second-order valence-corrected chi connectivity index (χ2v) is 4.98. The molecule has 0 amide bonds. The van der Waals surface area contributed by atoms with E-state index in [1.807, 2.05) is 0 Å². The van der Waals surface area contributed by atoms with Crippen molar-refractivity contribution in [3.8, 4) is 0 Å². The summed E-state index contributed by atoms with van der Waals surface area (Å²) in [5, 5.41) is 0. The van der Waals surface area contributed by atoms with E-state index < -0.39 is 21.8 Å². The van der Waals surface area contributed by atoms with Crippen LogP contribution >= 0.6 is 15.9 Å². The highest BCUT2D eigenvalue weighted by Gasteiger charge is 2.10. The number of aryl methyl sites for hydroxylation is 1. The third kappa shape index (κ3) is 3.34. The van der Waals surface area contributed by atoms with Crippen molar-refractivity contribution in [3.05, 3.63) is 34.1 Å². The topological polar surface area (TPSA) is 34.1 Å². The van der Waals surface area contributed by atoms with Crippen LogP contribution in [-0.4, -0.2) is 14.2 Å². The van der Waals surface area contributed by atoms with E-state index in [-0.39, 0.29) is 10.9 Å². The molecule has 1 rings (SSSR count). The first-order valence-electron chi connectivity index (χ1n) is 3.75. The maximum Gasteiger partial charge on any atom is 0.302 e. The molecule has 14 heavy (non-hydrogen) atoms. The molecule has 0 saturated heterocycles. The first-order chi connectivity index (χ1) is 6.40. The average molecular weight is 285 g/mol. The van der Waals surface area contributed by atoms with Crippen LogP contribution in [-0.2, 0) is 16.6 Å². The molecule has 0 N–H and O–H groups in total. The van der Waals surface area contributed by atoms with Gasteiger partial charge in [0.15, 0.2) is 0 Å². The van der Waals surface area contributed by atoms with E-state index in [1.165, 1.54) is 12.1 Å². The monoisotopic (exact) mass is 284 g/mol. The van der Waals surface area contributed by atoms with E-state index in [0.717, 1.165) is 0 Å². The van der Waals surface area contributed by atoms with Gasteiger partial charge in [0.1, 0.15) is 5.82 Å². The molecule has 0 aliphatic carbocycles. The zero-order chi connectivity index (χ0) is 10.8. The minimum atomic E-state index is -4.50. The molecule has 0 saturated carbocycles. The van der Waals surface area contributed by atoms with E-state index >= 15 is 0 Å². The molecule has 2 nitrogen and oxygen atoms in total. The van der Waals surface area contributed by atoms with Gasteiger partial charge in [-0.05, 0) is 34.0 Å². The number of halogens is 3. The molecule has 0 aromatic heterocycles. The SMILES string of the molecule is O=S(=O)(F)CCc1cccc(F)c1Br. The Labute approximate surface area is 89.3 Å². The quantitative estimate of drug-likeness (QED) is 0.799. The Kier molecular flexibility index (Phi) is 3.60. The van der Waals surface area contributed by atoms with Crippen molar-refractivity contribution in [2.24, 2.45) is 0 Å². The highest BCUT2D eigenvalue weighted by atomic mass is 79.9. The van der Waals surface area contributed by atoms with Crippen LogP contribution in [0.1, 0.15) is 5.56 Å². The fourth-order valence-electron chi connectivity index (χ4n) is 0.973. The Bertz CT molecular complexity index is 431. The molecule has 0 fully saturated rings. The summed E-state index contributed by atoms with van der Waals surface area (Å²) < 4.78 is 45.7. The van der Waals surface area contributed by atoms with E-state index in [0.29, 0.717) is 5.56 Å². The Hall–Kier alpha value is -0.490. The molecule has 6 heteroatoms. The molecule has 78 valence electrons. The Morgan fingerprint density at radius 3 is 2.57 bits per heavy atom. The fourth-order valence-corrected chi connectivity index (χ4v) is 1.90. The van der Waals surface area contributed by atoms with Gasteiger partial charge >= 0.3 is 10.2 Å². The largest absolute Gasteiger partial charge is 0.302 e. The van der Waals surface area contributed by atoms with Crippen LogP contribution in [0.3, 0.4) is 0 Å². The Morgan fingerprint density at radius 2 is 2.00 bits per heavy atom. The van der Waals surface area contributed by atoms with Crippen molar-refractivity contribution in [1.82, 2.24) is 0 Å². The van der Waals surface area contributed by atoms with E-state index in [9.17, 15) is 16.7 Å². The van der Waals surface area contributed by atoms with Crippen molar-refractivity contribution in [2.45, 2.75) is 6.42 Å². The van der Waals surface area contributed by atoms with Gasteiger partial charge in [0.25, 0.3) is 0 Å². The predicted molar refractivity (Wildman–Crippen MR) is 52.7 cm³/mol. The zero-order valence-electron chi connectivity index (χ0n) is 7.00. The molecule has 0 bridgehead atoms. The molecule has 0 heterocycles. The third-order valence-electron chi connectivity index (χ3n) is 1.65. The Balaban J connectivity index is 2.83. The predicted octanol–water partition coefficient (Wildman–Crippen LogP) is 2.43. The number of hydrogen-bond acceptors (Lipinski definition) is 2. The molecule has 0 atom stereocenters. The zero-order valence-corrected chi connectivity index (χ0v) is 9.41. The number of hydrogen-bond donors (Lipinski definition) is 0. The first-order valence-corrected chi connectivity index (χ1v) is 6.10. The molecule has 1 aromatic carbocycles. The van der Waals surface area contributed by atoms with Crippen LogP contribution in [0, 0.1) is 5.82 Å². The van der Waals surface area contributed by atoms with Gasteiger partial charge in [-0.25, -0.2) is 4.39 Å². The summed E-state index contributed by atoms with van der Waals surface area (Å²) in [5.74, 6) is -1.12. The van der Waals surface area contributed by atoms with Crippen LogP contribution < -0.4 is 0 Å². The van der Waals surface area contributed by atoms with Crippen molar-refractivity contribution < 1.29 is 16.7 Å². The number of benzene rings is 1. The summed E-state index contributed by atoms with van der Waals surface area (Å²) >= 11 is 2.96. The van der Waals surface area contributed by atoms with Crippen molar-refractivity contribution in [3.63, 3.8) is 0 Å². The lowest BCUT2D eigenvalue weighted by Crippen LogP contribution is -2.03. The van der Waals surface area contributed by atoms with E-state index in [4.69, 9.17) is 0 Å². The molecule has 0 aliphatic heterocycles. The van der Waals surface area contributed by atoms with E-state index in [1.54, 1.807) is 6.07 Å². The molecule has 0 unspecified atom stereocenters. The summed E-state index contributed by atoms with van der Waals surface area (Å²) in [6.07, 6.45) is -0.0445. The van der Waals surface area contributed by atoms with Crippen LogP contribution in [0.2, 0.25) is 0 Å². The lowest BCUT2D eigenvalue weighted by Gasteiger charge is -2.02. The average Bonchev–Trinajstić information content (AvgIpc) is 2.06. The lowest BCUT2D eigenvalue weighted by atomic mass is 10.2. The highest BCUT2D eigenvalue weighted by Crippen LogP contribution is 2.21. The molecule has 0 aliphatic rings. The van der Waals surface area contributed by atoms with Gasteiger partial charge in [-0.15, -0.1) is 3.89 Å². The van der Waals surface area contributed by atoms with Crippen LogP contribution in [0.5, 0.6) is 0 Å². The first kappa shape index (κ1) is 11.6. The number of rotatable bonds is 3. The second kappa shape index (κ2) is 4.35. The van der Waals surface area contributed by atoms with Crippen LogP contribution in [0.15, 0.2) is 22.7 Å². The molecule has 1 aromatic rings. The van der Waals surface area contributed by atoms with Crippen molar-refractivity contribution in [2.75, 3.05) is 5.75 Å². The van der Waals surface area contributed by atoms with Gasteiger partial charge in [-0.3, -0.25) is 0 Å². The molecule has 0 radical (unpaired) electrons. The maximum absolute atomic E-state index is 12.9. The normalized spacial score (nSPS) is 11.6. The van der Waals surface area contributed by atoms with Crippen molar-refractivity contribution >= 4 is 26.2 Å². The van der Waals surface area contributed by atoms with Gasteiger partial charge in [0, 0.05) is 0 Å². The highest BCUT2D eigenvalue weighted by molar-refractivity contribution is 9.10. The van der Waals surface area contributed by atoms with Crippen LogP contribution in [0.4, 0.5) is 8.28 Å².